The lowest BCUT2D eigenvalue weighted by Crippen LogP contribution is -2.13. The van der Waals surface area contributed by atoms with Gasteiger partial charge < -0.3 is 10.4 Å². The normalized spacial score (nSPS) is 21.4. The zero-order valence-corrected chi connectivity index (χ0v) is 8.31. The molecule has 2 nitrogen and oxygen atoms in total. The molecule has 0 bridgehead atoms. The van der Waals surface area contributed by atoms with Crippen molar-refractivity contribution in [1.29, 1.82) is 0 Å². The monoisotopic (exact) mass is 215 g/mol. The lowest BCUT2D eigenvalue weighted by atomic mass is 10.0. The Labute approximate surface area is 86.7 Å². The maximum Gasteiger partial charge on any atom is 0.145 e. The summed E-state index contributed by atoms with van der Waals surface area (Å²) >= 11 is 5.61. The second-order valence-electron chi connectivity index (χ2n) is 3.45. The van der Waals surface area contributed by atoms with Crippen LogP contribution in [0.1, 0.15) is 24.4 Å². The minimum atomic E-state index is -0.578. The molecule has 4 heteroatoms. The van der Waals surface area contributed by atoms with Gasteiger partial charge in [-0.15, -0.1) is 0 Å². The van der Waals surface area contributed by atoms with Gasteiger partial charge in [-0.3, -0.25) is 0 Å². The second-order valence-corrected chi connectivity index (χ2v) is 3.83. The first-order chi connectivity index (χ1) is 6.70. The van der Waals surface area contributed by atoms with Crippen LogP contribution in [0.4, 0.5) is 4.39 Å². The van der Waals surface area contributed by atoms with E-state index in [-0.39, 0.29) is 16.8 Å². The van der Waals surface area contributed by atoms with E-state index in [9.17, 15) is 9.50 Å². The number of hydrogen-bond donors (Lipinski definition) is 2. The third-order valence-corrected chi connectivity index (χ3v) is 2.90. The van der Waals surface area contributed by atoms with E-state index >= 15 is 0 Å². The SMILES string of the molecule is Oc1c([C@@H]2CCCN2)ccc(F)c1Cl. The van der Waals surface area contributed by atoms with Gasteiger partial charge in [-0.25, -0.2) is 4.39 Å². The first-order valence-corrected chi connectivity index (χ1v) is 4.98. The fraction of sp³-hybridized carbons (Fsp3) is 0.400. The molecule has 0 aromatic heterocycles. The average molecular weight is 216 g/mol. The van der Waals surface area contributed by atoms with Gasteiger partial charge in [0.2, 0.25) is 0 Å². The lowest BCUT2D eigenvalue weighted by Gasteiger charge is -2.13. The topological polar surface area (TPSA) is 32.3 Å². The zero-order valence-electron chi connectivity index (χ0n) is 7.56. The van der Waals surface area contributed by atoms with Gasteiger partial charge in [0.15, 0.2) is 0 Å². The largest absolute Gasteiger partial charge is 0.506 e. The maximum absolute atomic E-state index is 12.9. The molecule has 1 aromatic carbocycles. The maximum atomic E-state index is 12.9. The van der Waals surface area contributed by atoms with Crippen LogP contribution in [0.15, 0.2) is 12.1 Å². The summed E-state index contributed by atoms with van der Waals surface area (Å²) in [6.07, 6.45) is 2.02. The molecule has 14 heavy (non-hydrogen) atoms. The highest BCUT2D eigenvalue weighted by Gasteiger charge is 2.21. The summed E-state index contributed by atoms with van der Waals surface area (Å²) < 4.78 is 12.9. The van der Waals surface area contributed by atoms with Crippen LogP contribution in [-0.4, -0.2) is 11.7 Å². The van der Waals surface area contributed by atoms with Crippen LogP contribution in [0.2, 0.25) is 5.02 Å². The van der Waals surface area contributed by atoms with E-state index < -0.39 is 5.82 Å². The molecule has 0 aliphatic carbocycles. The molecule has 1 aliphatic rings. The lowest BCUT2D eigenvalue weighted by molar-refractivity contribution is 0.451. The van der Waals surface area contributed by atoms with Crippen molar-refractivity contribution in [3.05, 3.63) is 28.5 Å². The summed E-state index contributed by atoms with van der Waals surface area (Å²) in [4.78, 5) is 0. The molecule has 1 fully saturated rings. The van der Waals surface area contributed by atoms with Crippen molar-refractivity contribution >= 4 is 11.6 Å². The molecule has 1 atom stereocenters. The van der Waals surface area contributed by atoms with E-state index in [4.69, 9.17) is 11.6 Å². The van der Waals surface area contributed by atoms with E-state index in [1.54, 1.807) is 6.07 Å². The van der Waals surface area contributed by atoms with E-state index in [0.717, 1.165) is 19.4 Å². The smallest absolute Gasteiger partial charge is 0.145 e. The van der Waals surface area contributed by atoms with Gasteiger partial charge in [-0.1, -0.05) is 17.7 Å². The summed E-state index contributed by atoms with van der Waals surface area (Å²) in [6, 6.07) is 2.98. The molecule has 0 unspecified atom stereocenters. The first-order valence-electron chi connectivity index (χ1n) is 4.60. The van der Waals surface area contributed by atoms with Crippen molar-refractivity contribution in [2.75, 3.05) is 6.54 Å². The number of halogens is 2. The molecule has 0 amide bonds. The molecule has 1 aliphatic heterocycles. The van der Waals surface area contributed by atoms with E-state index in [2.05, 4.69) is 5.32 Å². The van der Waals surface area contributed by atoms with Crippen LogP contribution in [0.3, 0.4) is 0 Å². The van der Waals surface area contributed by atoms with Crippen molar-refractivity contribution in [2.24, 2.45) is 0 Å². The Morgan fingerprint density at radius 3 is 2.93 bits per heavy atom. The van der Waals surface area contributed by atoms with E-state index in [1.807, 2.05) is 0 Å². The number of nitrogens with one attached hydrogen (secondary N) is 1. The van der Waals surface area contributed by atoms with Gasteiger partial charge in [0, 0.05) is 11.6 Å². The number of rotatable bonds is 1. The molecule has 1 heterocycles. The highest BCUT2D eigenvalue weighted by atomic mass is 35.5. The Bertz CT molecular complexity index is 350. The summed E-state index contributed by atoms with van der Waals surface area (Å²) in [6.45, 7) is 0.930. The van der Waals surface area contributed by atoms with Crippen molar-refractivity contribution in [2.45, 2.75) is 18.9 Å². The minimum absolute atomic E-state index is 0.105. The van der Waals surface area contributed by atoms with E-state index in [1.165, 1.54) is 6.07 Å². The molecule has 2 N–H and O–H groups in total. The molecule has 76 valence electrons. The fourth-order valence-electron chi connectivity index (χ4n) is 1.79. The Hall–Kier alpha value is -0.800. The van der Waals surface area contributed by atoms with Crippen molar-refractivity contribution in [1.82, 2.24) is 5.32 Å². The number of aromatic hydroxyl groups is 1. The quantitative estimate of drug-likeness (QED) is 0.755. The summed E-state index contributed by atoms with van der Waals surface area (Å²) in [5.74, 6) is -0.711. The van der Waals surface area contributed by atoms with Crippen LogP contribution in [0.25, 0.3) is 0 Å². The minimum Gasteiger partial charge on any atom is -0.506 e. The van der Waals surface area contributed by atoms with Gasteiger partial charge in [-0.2, -0.15) is 0 Å². The molecule has 2 rings (SSSR count). The number of benzene rings is 1. The third-order valence-electron chi connectivity index (χ3n) is 2.54. The Balaban J connectivity index is 2.38. The predicted octanol–water partition coefficient (Wildman–Crippen LogP) is 2.61. The van der Waals surface area contributed by atoms with Gasteiger partial charge in [0.1, 0.15) is 16.6 Å². The Morgan fingerprint density at radius 2 is 2.29 bits per heavy atom. The zero-order chi connectivity index (χ0) is 10.1. The molecular weight excluding hydrogens is 205 g/mol. The first kappa shape index (κ1) is 9.74. The third kappa shape index (κ3) is 1.57. The highest BCUT2D eigenvalue weighted by molar-refractivity contribution is 6.32. The predicted molar refractivity (Wildman–Crippen MR) is 53.1 cm³/mol. The Morgan fingerprint density at radius 1 is 1.50 bits per heavy atom. The van der Waals surface area contributed by atoms with Crippen LogP contribution < -0.4 is 5.32 Å². The van der Waals surface area contributed by atoms with Gasteiger partial charge in [-0.05, 0) is 25.5 Å². The van der Waals surface area contributed by atoms with Gasteiger partial charge in [0.25, 0.3) is 0 Å². The van der Waals surface area contributed by atoms with Crippen molar-refractivity contribution in [3.8, 4) is 5.75 Å². The average Bonchev–Trinajstić information content (AvgIpc) is 2.67. The summed E-state index contributed by atoms with van der Waals surface area (Å²) in [5, 5.41) is 12.7. The van der Waals surface area contributed by atoms with Gasteiger partial charge in [0.05, 0.1) is 0 Å². The van der Waals surface area contributed by atoms with E-state index in [0.29, 0.717) is 5.56 Å². The van der Waals surface area contributed by atoms with Crippen LogP contribution in [0.5, 0.6) is 5.75 Å². The number of hydrogen-bond acceptors (Lipinski definition) is 2. The van der Waals surface area contributed by atoms with Crippen LogP contribution in [0, 0.1) is 5.82 Å². The molecule has 1 aromatic rings. The number of phenols is 1. The molecular formula is C10H11ClFNO. The van der Waals surface area contributed by atoms with Gasteiger partial charge >= 0.3 is 0 Å². The molecule has 1 saturated heterocycles. The highest BCUT2D eigenvalue weighted by Crippen LogP contribution is 2.36. The molecule has 0 radical (unpaired) electrons. The van der Waals surface area contributed by atoms with Crippen LogP contribution >= 0.6 is 11.6 Å². The summed E-state index contributed by atoms with van der Waals surface area (Å²) in [7, 11) is 0. The second kappa shape index (κ2) is 3.75. The fourth-order valence-corrected chi connectivity index (χ4v) is 1.96. The standard InChI is InChI=1S/C10H11ClFNO/c11-9-7(12)4-3-6(10(9)14)8-2-1-5-13-8/h3-4,8,13-14H,1-2,5H2/t8-/m0/s1. The number of phenolic OH excluding ortho intramolecular Hbond substituents is 1. The molecule has 0 saturated carbocycles. The van der Waals surface area contributed by atoms with Crippen molar-refractivity contribution in [3.63, 3.8) is 0 Å². The Kier molecular flexibility index (Phi) is 2.61. The summed E-state index contributed by atoms with van der Waals surface area (Å²) in [5.41, 5.74) is 0.689. The van der Waals surface area contributed by atoms with Crippen molar-refractivity contribution < 1.29 is 9.50 Å². The molecule has 0 spiro atoms. The van der Waals surface area contributed by atoms with Crippen LogP contribution in [-0.2, 0) is 0 Å².